The molecule has 0 aromatic heterocycles. The zero-order chi connectivity index (χ0) is 9.98. The average Bonchev–Trinajstić information content (AvgIpc) is 1.87. The van der Waals surface area contributed by atoms with Gasteiger partial charge in [0.2, 0.25) is 0 Å². The van der Waals surface area contributed by atoms with Gasteiger partial charge >= 0.3 is 23.1 Å². The summed E-state index contributed by atoms with van der Waals surface area (Å²) in [6, 6.07) is 0. The molecule has 0 bridgehead atoms. The van der Waals surface area contributed by atoms with Crippen LogP contribution in [0.3, 0.4) is 0 Å². The van der Waals surface area contributed by atoms with Crippen LogP contribution in [0.4, 0.5) is 0 Å². The number of nitrogens with zero attached hydrogens (tertiary/aromatic N) is 2. The number of nitriles is 2. The molecule has 0 aliphatic rings. The van der Waals surface area contributed by atoms with Crippen LogP contribution in [0.25, 0.3) is 0 Å². The summed E-state index contributed by atoms with van der Waals surface area (Å²) in [6.07, 6.45) is 1.88. The van der Waals surface area contributed by atoms with E-state index in [2.05, 4.69) is 9.31 Å². The molecule has 0 spiro atoms. The maximum Gasteiger partial charge on any atom is 1.00 e. The van der Waals surface area contributed by atoms with Crippen molar-refractivity contribution >= 4 is 14.6 Å². The molecule has 0 saturated heterocycles. The van der Waals surface area contributed by atoms with Gasteiger partial charge in [0, 0.05) is 0 Å². The van der Waals surface area contributed by atoms with E-state index in [0.717, 1.165) is 12.5 Å². The van der Waals surface area contributed by atoms with Crippen molar-refractivity contribution in [3.8, 4) is 12.5 Å². The van der Waals surface area contributed by atoms with Gasteiger partial charge in [0.25, 0.3) is 12.5 Å². The van der Waals surface area contributed by atoms with E-state index in [1.807, 2.05) is 0 Å². The van der Waals surface area contributed by atoms with Gasteiger partial charge in [-0.15, -0.1) is 0 Å². The predicted molar refractivity (Wildman–Crippen MR) is 28.2 cm³/mol. The molecule has 8 nitrogen and oxygen atoms in total. The van der Waals surface area contributed by atoms with E-state index in [0.29, 0.717) is 0 Å². The second-order valence-electron chi connectivity index (χ2n) is 0.996. The number of rotatable bonds is 2. The summed E-state index contributed by atoms with van der Waals surface area (Å²) in [4.78, 5) is 0. The van der Waals surface area contributed by atoms with E-state index in [-0.39, 0.29) is 23.1 Å². The topological polar surface area (TPSA) is 158 Å². The van der Waals surface area contributed by atoms with Crippen molar-refractivity contribution in [2.24, 2.45) is 0 Å². The third-order valence-electron chi connectivity index (χ3n) is 0.298. The van der Waals surface area contributed by atoms with Crippen molar-refractivity contribution < 1.29 is 52.5 Å². The molecule has 13 heavy (non-hydrogen) atoms. The van der Waals surface area contributed by atoms with Crippen LogP contribution in [0.5, 0.6) is 0 Å². The predicted octanol–water partition coefficient (Wildman–Crippen LogP) is -8.28. The molecular formula is C2H3B2LiN2O6. The van der Waals surface area contributed by atoms with Crippen molar-refractivity contribution in [2.45, 2.75) is 0 Å². The molecule has 0 N–H and O–H groups in total. The monoisotopic (exact) mass is 180 g/mol. The van der Waals surface area contributed by atoms with E-state index >= 15 is 0 Å². The van der Waals surface area contributed by atoms with E-state index in [4.69, 9.17) is 30.6 Å². The summed E-state index contributed by atoms with van der Waals surface area (Å²) in [7, 11) is -4.93. The van der Waals surface area contributed by atoms with E-state index in [9.17, 15) is 0 Å². The van der Waals surface area contributed by atoms with E-state index in [1.165, 1.54) is 0 Å². The van der Waals surface area contributed by atoms with Crippen molar-refractivity contribution in [3.63, 3.8) is 0 Å². The molecule has 0 rings (SSSR count). The molecule has 0 radical (unpaired) electrons. The third kappa shape index (κ3) is 35.2. The molecule has 0 heterocycles. The summed E-state index contributed by atoms with van der Waals surface area (Å²) < 4.78 is 6.47. The Morgan fingerprint density at radius 1 is 0.923 bits per heavy atom. The quantitative estimate of drug-likeness (QED) is 0.298. The van der Waals surface area contributed by atoms with Crippen LogP contribution in [0, 0.1) is 23.0 Å². The minimum Gasteiger partial charge on any atom is -0.859 e. The van der Waals surface area contributed by atoms with Gasteiger partial charge in [-0.05, 0) is 0 Å². The fourth-order valence-corrected chi connectivity index (χ4v) is 0.0861. The standard InChI is InChI=1S/2CBNO3.Li/c2*3-1-6-2(4)5;/q2*-2;+1/p+3. The summed E-state index contributed by atoms with van der Waals surface area (Å²) in [5.74, 6) is 0. The molecule has 0 atom stereocenters. The molecule has 0 aromatic rings. The third-order valence-corrected chi connectivity index (χ3v) is 0.298. The Morgan fingerprint density at radius 2 is 1.15 bits per heavy atom. The Kier molecular flexibility index (Phi) is 19.0. The van der Waals surface area contributed by atoms with Gasteiger partial charge in [0.1, 0.15) is 0 Å². The van der Waals surface area contributed by atoms with Crippen LogP contribution in [-0.2, 0) is 9.31 Å². The summed E-state index contributed by atoms with van der Waals surface area (Å²) >= 11 is 0. The van der Waals surface area contributed by atoms with Crippen LogP contribution in [0.2, 0.25) is 0 Å². The molecule has 0 aliphatic carbocycles. The Morgan fingerprint density at radius 3 is 1.15 bits per heavy atom. The van der Waals surface area contributed by atoms with Crippen LogP contribution >= 0.6 is 0 Å². The average molecular weight is 180 g/mol. The molecule has 0 aromatic carbocycles. The zero-order valence-electron chi connectivity index (χ0n) is 9.50. The van der Waals surface area contributed by atoms with Gasteiger partial charge in [-0.25, -0.2) is 0 Å². The van der Waals surface area contributed by atoms with E-state index in [1.54, 1.807) is 0 Å². The molecule has 0 unspecified atom stereocenters. The van der Waals surface area contributed by atoms with Crippen LogP contribution in [0.1, 0.15) is 4.28 Å². The number of hydrogen-bond acceptors (Lipinski definition) is 8. The summed E-state index contributed by atoms with van der Waals surface area (Å²) in [6.45, 7) is 0. The summed E-state index contributed by atoms with van der Waals surface area (Å²) in [5, 5.41) is 51.2. The fraction of sp³-hybridized carbons (Fsp3) is 0. The maximum atomic E-state index is 9.13. The Bertz CT molecular complexity index is 168. The molecule has 11 heteroatoms. The SMILES string of the molecule is N#COB([O-])[O-].N#COB([O-])[O-].[H+].[H+].[H+].[Li+]. The van der Waals surface area contributed by atoms with Crippen molar-refractivity contribution in [3.05, 3.63) is 0 Å². The van der Waals surface area contributed by atoms with Gasteiger partial charge < -0.3 is 29.4 Å². The molecular weight excluding hydrogens is 177 g/mol. The molecule has 0 fully saturated rings. The first-order valence-corrected chi connectivity index (χ1v) is 2.27. The Balaban J connectivity index is -0.0000000250. The Labute approximate surface area is 90.9 Å². The summed E-state index contributed by atoms with van der Waals surface area (Å²) in [5.41, 5.74) is 0. The number of hydrogen-bond donors (Lipinski definition) is 0. The van der Waals surface area contributed by atoms with Gasteiger partial charge in [0.15, 0.2) is 14.6 Å². The first-order chi connectivity index (χ1) is 5.54. The minimum atomic E-state index is -2.46. The maximum absolute atomic E-state index is 9.13. The van der Waals surface area contributed by atoms with Crippen LogP contribution in [0.15, 0.2) is 0 Å². The zero-order valence-corrected chi connectivity index (χ0v) is 6.50. The second-order valence-corrected chi connectivity index (χ2v) is 0.996. The largest absolute Gasteiger partial charge is 1.00 e. The van der Waals surface area contributed by atoms with Crippen molar-refractivity contribution in [2.75, 3.05) is 0 Å². The molecule has 0 amide bonds. The van der Waals surface area contributed by atoms with Gasteiger partial charge in [0.05, 0.1) is 0 Å². The first kappa shape index (κ1) is 18.0. The fourth-order valence-electron chi connectivity index (χ4n) is 0.0861. The van der Waals surface area contributed by atoms with Crippen molar-refractivity contribution in [1.29, 1.82) is 10.5 Å². The Hall–Kier alpha value is -0.853. The van der Waals surface area contributed by atoms with Gasteiger partial charge in [-0.2, -0.15) is 10.5 Å². The van der Waals surface area contributed by atoms with Crippen LogP contribution < -0.4 is 39.0 Å². The minimum absolute atomic E-state index is 0. The normalized spacial score (nSPS) is 5.69. The van der Waals surface area contributed by atoms with Gasteiger partial charge in [-0.3, -0.25) is 0 Å². The second kappa shape index (κ2) is 13.7. The molecule has 0 aliphatic heterocycles. The van der Waals surface area contributed by atoms with Crippen LogP contribution in [-0.4, -0.2) is 14.6 Å². The van der Waals surface area contributed by atoms with Crippen molar-refractivity contribution in [1.82, 2.24) is 0 Å². The first-order valence-electron chi connectivity index (χ1n) is 2.27. The molecule has 0 saturated carbocycles. The smallest absolute Gasteiger partial charge is 0.859 e. The molecule has 64 valence electrons. The van der Waals surface area contributed by atoms with Gasteiger partial charge in [-0.1, -0.05) is 0 Å². The van der Waals surface area contributed by atoms with E-state index < -0.39 is 14.6 Å².